The van der Waals surface area contributed by atoms with E-state index in [1.807, 2.05) is 12.1 Å². The van der Waals surface area contributed by atoms with Gasteiger partial charge in [-0.3, -0.25) is 0 Å². The average Bonchev–Trinajstić information content (AvgIpc) is 3.69. The van der Waals surface area contributed by atoms with E-state index in [9.17, 15) is 13.6 Å². The molecule has 3 atom stereocenters. The molecular weight excluding hydrogens is 818 g/mol. The van der Waals surface area contributed by atoms with Crippen LogP contribution in [0.3, 0.4) is 0 Å². The molecule has 0 bridgehead atoms. The van der Waals surface area contributed by atoms with Gasteiger partial charge in [0.1, 0.15) is 33.9 Å². The number of carbonyl (C=O) groups is 1. The Morgan fingerprint density at radius 2 is 1.42 bits per heavy atom. The number of methoxy groups -OCH3 is 3. The topological polar surface area (TPSA) is 188 Å². The third-order valence-corrected chi connectivity index (χ3v) is 12.4. The Morgan fingerprint density at radius 1 is 0.883 bits per heavy atom. The van der Waals surface area contributed by atoms with Crippen LogP contribution in [-0.2, 0) is 45.5 Å². The largest absolute Gasteiger partial charge is 0.497 e. The maximum absolute atomic E-state index is 16.1. The summed E-state index contributed by atoms with van der Waals surface area (Å²) in [5.41, 5.74) is 1.22. The Bertz CT molecular complexity index is 2340. The van der Waals surface area contributed by atoms with Gasteiger partial charge in [-0.25, -0.2) is 21.8 Å². The molecule has 1 amide bonds. The monoisotopic (exact) mass is 865 g/mol. The zero-order valence-corrected chi connectivity index (χ0v) is 35.7. The lowest BCUT2D eigenvalue weighted by molar-refractivity contribution is 0.0463. The fourth-order valence-electron chi connectivity index (χ4n) is 6.70. The lowest BCUT2D eigenvalue weighted by Gasteiger charge is -2.37. The minimum Gasteiger partial charge on any atom is -0.497 e. The van der Waals surface area contributed by atoms with Gasteiger partial charge in [0.2, 0.25) is 15.8 Å². The van der Waals surface area contributed by atoms with Gasteiger partial charge in [-0.15, -0.1) is 10.2 Å². The fourth-order valence-corrected chi connectivity index (χ4v) is 9.35. The first kappa shape index (κ1) is 43.9. The van der Waals surface area contributed by atoms with Gasteiger partial charge < -0.3 is 33.7 Å². The van der Waals surface area contributed by atoms with E-state index in [4.69, 9.17) is 18.9 Å². The Kier molecular flexibility index (Phi) is 13.7. The van der Waals surface area contributed by atoms with Crippen molar-refractivity contribution in [3.63, 3.8) is 0 Å². The summed E-state index contributed by atoms with van der Waals surface area (Å²) in [6.07, 6.45) is -2.26. The number of rotatable bonds is 15. The minimum atomic E-state index is -4.77. The third kappa shape index (κ3) is 10.6. The highest BCUT2D eigenvalue weighted by Gasteiger charge is 2.39. The fraction of sp³-hybridized carbons (Fsp3) is 0.366. The second-order valence-electron chi connectivity index (χ2n) is 15.0. The molecule has 5 aromatic rings. The molecule has 16 nitrogen and oxygen atoms in total. The van der Waals surface area contributed by atoms with Crippen LogP contribution in [0.15, 0.2) is 94.7 Å². The smallest absolute Gasteiger partial charge is 0.407 e. The molecule has 0 spiro atoms. The zero-order valence-electron chi connectivity index (χ0n) is 34.1. The summed E-state index contributed by atoms with van der Waals surface area (Å²) in [6.45, 7) is 4.79. The number of hydrogen-bond donors (Lipinski definition) is 2. The first-order valence-electron chi connectivity index (χ1n) is 18.9. The van der Waals surface area contributed by atoms with E-state index >= 15 is 12.8 Å². The van der Waals surface area contributed by atoms with E-state index < -0.39 is 54.8 Å². The van der Waals surface area contributed by atoms with Gasteiger partial charge in [-0.2, -0.15) is 9.10 Å². The number of carbonyl (C=O) groups excluding carboxylic acids is 1. The first-order valence-corrected chi connectivity index (χ1v) is 21.5. The number of ether oxygens (including phenoxy) is 4. The van der Waals surface area contributed by atoms with Gasteiger partial charge >= 0.3 is 6.09 Å². The van der Waals surface area contributed by atoms with Crippen molar-refractivity contribution >= 4 is 32.9 Å². The van der Waals surface area contributed by atoms with Crippen LogP contribution in [0.5, 0.6) is 17.2 Å². The molecule has 2 heterocycles. The summed E-state index contributed by atoms with van der Waals surface area (Å²) in [6, 6.07) is 22.6. The van der Waals surface area contributed by atoms with Crippen LogP contribution >= 0.6 is 0 Å². The van der Waals surface area contributed by atoms with Crippen LogP contribution in [0.25, 0.3) is 11.4 Å². The quantitative estimate of drug-likeness (QED) is 0.120. The molecule has 2 N–H and O–H groups in total. The van der Waals surface area contributed by atoms with E-state index in [0.29, 0.717) is 28.4 Å². The molecule has 1 saturated heterocycles. The molecule has 1 fully saturated rings. The number of alkyl carbamates (subject to hydrolysis) is 1. The SMILES string of the molecule is COc1ccc(CN(Cc2ccc(OC)cc2)S(=O)(=O)c2c(S(=O)O)ccc(N3CCC(NC(=O)OC(C)(C)C)C(F)C3)c2-c2nnn(Cc3ccc(OC)cc3)n2)cc1. The number of nitrogens with zero attached hydrogens (tertiary/aromatic N) is 6. The molecule has 320 valence electrons. The number of alkyl halides is 1. The Hall–Kier alpha value is -5.63. The summed E-state index contributed by atoms with van der Waals surface area (Å²) in [5.74, 6) is 1.60. The molecule has 1 aliphatic rings. The lowest BCUT2D eigenvalue weighted by Crippen LogP contribution is -2.53. The molecule has 0 aliphatic carbocycles. The summed E-state index contributed by atoms with van der Waals surface area (Å²) in [7, 11) is -0.172. The maximum Gasteiger partial charge on any atom is 0.407 e. The van der Waals surface area contributed by atoms with Crippen LogP contribution in [0.4, 0.5) is 14.9 Å². The number of amides is 1. The lowest BCUT2D eigenvalue weighted by atomic mass is 10.0. The molecule has 60 heavy (non-hydrogen) atoms. The second kappa shape index (κ2) is 18.7. The van der Waals surface area contributed by atoms with Crippen molar-refractivity contribution in [2.75, 3.05) is 39.3 Å². The molecule has 19 heteroatoms. The van der Waals surface area contributed by atoms with Gasteiger partial charge in [-0.1, -0.05) is 36.4 Å². The molecule has 1 aromatic heterocycles. The molecular formula is C41H48FN7O9S2. The number of tetrazole rings is 1. The van der Waals surface area contributed by atoms with Gasteiger partial charge in [0, 0.05) is 25.3 Å². The van der Waals surface area contributed by atoms with Gasteiger partial charge in [0.05, 0.1) is 50.9 Å². The number of aromatic nitrogens is 4. The molecule has 1 aliphatic heterocycles. The van der Waals surface area contributed by atoms with Crippen LogP contribution in [0.2, 0.25) is 0 Å². The second-order valence-corrected chi connectivity index (χ2v) is 17.8. The van der Waals surface area contributed by atoms with E-state index in [-0.39, 0.29) is 56.2 Å². The van der Waals surface area contributed by atoms with Gasteiger partial charge in [0.15, 0.2) is 11.1 Å². The molecule has 0 saturated carbocycles. The van der Waals surface area contributed by atoms with Crippen molar-refractivity contribution in [1.29, 1.82) is 0 Å². The third-order valence-electron chi connectivity index (χ3n) is 9.67. The van der Waals surface area contributed by atoms with Crippen LogP contribution in [-0.4, -0.2) is 100 Å². The van der Waals surface area contributed by atoms with E-state index in [2.05, 4.69) is 20.7 Å². The van der Waals surface area contributed by atoms with Crippen molar-refractivity contribution in [1.82, 2.24) is 29.8 Å². The number of anilines is 1. The maximum atomic E-state index is 16.1. The Morgan fingerprint density at radius 3 is 1.90 bits per heavy atom. The number of benzene rings is 4. The van der Waals surface area contributed by atoms with E-state index in [0.717, 1.165) is 5.56 Å². The number of nitrogens with one attached hydrogen (secondary N) is 1. The predicted octanol–water partition coefficient (Wildman–Crippen LogP) is 5.83. The minimum absolute atomic E-state index is 0.119. The summed E-state index contributed by atoms with van der Waals surface area (Å²) in [4.78, 5) is 14.5. The number of halogens is 1. The molecule has 0 radical (unpaired) electrons. The van der Waals surface area contributed by atoms with Crippen LogP contribution in [0.1, 0.15) is 43.9 Å². The highest BCUT2D eigenvalue weighted by molar-refractivity contribution is 7.90. The van der Waals surface area contributed by atoms with E-state index in [1.165, 1.54) is 35.5 Å². The van der Waals surface area contributed by atoms with Crippen molar-refractivity contribution in [2.45, 2.75) is 74.4 Å². The molecule has 4 aromatic carbocycles. The standard InChI is InChI=1S/C41H48FN7O9S2/c1-41(2,3)58-40(50)43-34-21-22-47(26-33(34)42)35-19-20-36(59(51)52)38(37(35)39-44-46-49(45-39)25-29-11-17-32(57-6)18-12-29)60(53,54)48(23-27-7-13-30(55-4)14-8-27)24-28-9-15-31(56-5)16-10-28/h7-20,33-34H,21-26H2,1-6H3,(H,43,50)(H,51,52). The summed E-state index contributed by atoms with van der Waals surface area (Å²) < 4.78 is 93.4. The zero-order chi connectivity index (χ0) is 43.2. The number of piperidine rings is 1. The van der Waals surface area contributed by atoms with Gasteiger partial charge in [-0.05, 0) is 97.6 Å². The molecule has 3 unspecified atom stereocenters. The number of sulfonamides is 1. The van der Waals surface area contributed by atoms with Crippen molar-refractivity contribution in [3.05, 3.63) is 102 Å². The van der Waals surface area contributed by atoms with Crippen LogP contribution < -0.4 is 24.4 Å². The number of hydrogen-bond acceptors (Lipinski definition) is 12. The summed E-state index contributed by atoms with van der Waals surface area (Å²) >= 11 is -2.85. The average molecular weight is 866 g/mol. The Labute approximate surface area is 350 Å². The predicted molar refractivity (Wildman–Crippen MR) is 222 cm³/mol. The highest BCUT2D eigenvalue weighted by Crippen LogP contribution is 2.41. The molecule has 6 rings (SSSR count). The van der Waals surface area contributed by atoms with Crippen molar-refractivity contribution < 1.29 is 45.3 Å². The first-order chi connectivity index (χ1) is 28.6. The normalized spacial score (nSPS) is 16.3. The van der Waals surface area contributed by atoms with Crippen molar-refractivity contribution in [3.8, 4) is 28.6 Å². The van der Waals surface area contributed by atoms with Crippen molar-refractivity contribution in [2.24, 2.45) is 0 Å². The van der Waals surface area contributed by atoms with Crippen LogP contribution in [0, 0.1) is 0 Å². The summed E-state index contributed by atoms with van der Waals surface area (Å²) in [5, 5.41) is 15.7. The van der Waals surface area contributed by atoms with Gasteiger partial charge in [0.25, 0.3) is 0 Å². The van der Waals surface area contributed by atoms with E-state index in [1.54, 1.807) is 93.4 Å². The Balaban J connectivity index is 1.48. The highest BCUT2D eigenvalue weighted by atomic mass is 32.2.